The number of benzene rings is 2. The fraction of sp³-hybridized carbons (Fsp3) is 0.417. The molecule has 2 aromatic carbocycles. The van der Waals surface area contributed by atoms with E-state index in [4.69, 9.17) is 10.5 Å². The molecule has 4 N–H and O–H groups in total. The van der Waals surface area contributed by atoms with Gasteiger partial charge in [0.25, 0.3) is 0 Å². The van der Waals surface area contributed by atoms with Crippen molar-refractivity contribution < 1.29 is 14.3 Å². The van der Waals surface area contributed by atoms with E-state index in [0.717, 1.165) is 42.5 Å². The van der Waals surface area contributed by atoms with Gasteiger partial charge in [0.15, 0.2) is 0 Å². The molecule has 0 saturated heterocycles. The highest BCUT2D eigenvalue weighted by atomic mass is 16.5. The van der Waals surface area contributed by atoms with Crippen LogP contribution in [0.4, 0.5) is 10.5 Å². The number of carbonyl (C=O) groups is 2. The van der Waals surface area contributed by atoms with Crippen molar-refractivity contribution in [1.82, 2.24) is 5.32 Å². The van der Waals surface area contributed by atoms with Crippen LogP contribution in [0.2, 0.25) is 0 Å². The predicted molar refractivity (Wildman–Crippen MR) is 118 cm³/mol. The molecule has 0 unspecified atom stereocenters. The van der Waals surface area contributed by atoms with Crippen molar-refractivity contribution in [3.63, 3.8) is 0 Å². The molecule has 1 atom stereocenters. The van der Waals surface area contributed by atoms with Crippen LogP contribution >= 0.6 is 0 Å². The molecule has 0 heterocycles. The molecule has 160 valence electrons. The molecule has 0 aliphatic heterocycles. The Morgan fingerprint density at radius 3 is 2.47 bits per heavy atom. The largest absolute Gasteiger partial charge is 0.445 e. The number of carbonyl (C=O) groups excluding carboxylic acids is 2. The zero-order valence-corrected chi connectivity index (χ0v) is 17.3. The van der Waals surface area contributed by atoms with Crippen LogP contribution in [0.5, 0.6) is 0 Å². The smallest absolute Gasteiger partial charge is 0.407 e. The van der Waals surface area contributed by atoms with Crippen molar-refractivity contribution in [3.05, 3.63) is 65.7 Å². The Labute approximate surface area is 178 Å². The van der Waals surface area contributed by atoms with Gasteiger partial charge in [-0.3, -0.25) is 4.79 Å². The summed E-state index contributed by atoms with van der Waals surface area (Å²) in [6, 6.07) is 16.8. The monoisotopic (exact) mass is 409 g/mol. The molecule has 1 fully saturated rings. The number of hydrogen-bond donors (Lipinski definition) is 3. The lowest BCUT2D eigenvalue weighted by Gasteiger charge is -2.30. The van der Waals surface area contributed by atoms with E-state index in [2.05, 4.69) is 10.6 Å². The molecule has 30 heavy (non-hydrogen) atoms. The van der Waals surface area contributed by atoms with Gasteiger partial charge < -0.3 is 21.1 Å². The fourth-order valence-electron chi connectivity index (χ4n) is 3.98. The van der Waals surface area contributed by atoms with Gasteiger partial charge in [0.1, 0.15) is 6.61 Å². The Balaban J connectivity index is 1.58. The summed E-state index contributed by atoms with van der Waals surface area (Å²) in [5, 5.41) is 5.88. The minimum absolute atomic E-state index is 0.122. The van der Waals surface area contributed by atoms with Gasteiger partial charge in [-0.15, -0.1) is 0 Å². The van der Waals surface area contributed by atoms with Gasteiger partial charge in [-0.25, -0.2) is 4.79 Å². The molecule has 2 amide bonds. The van der Waals surface area contributed by atoms with Crippen LogP contribution in [0, 0.1) is 5.92 Å². The van der Waals surface area contributed by atoms with Crippen molar-refractivity contribution >= 4 is 17.7 Å². The Hall–Kier alpha value is -2.86. The third kappa shape index (κ3) is 6.88. The van der Waals surface area contributed by atoms with Crippen LogP contribution in [0.3, 0.4) is 0 Å². The van der Waals surface area contributed by atoms with E-state index in [0.29, 0.717) is 6.54 Å². The fourth-order valence-corrected chi connectivity index (χ4v) is 3.98. The highest BCUT2D eigenvalue weighted by Gasteiger charge is 2.27. The maximum atomic E-state index is 12.7. The van der Waals surface area contributed by atoms with Crippen molar-refractivity contribution in [2.24, 2.45) is 11.7 Å². The second kappa shape index (κ2) is 11.4. The maximum absolute atomic E-state index is 12.7. The maximum Gasteiger partial charge on any atom is 0.407 e. The van der Waals surface area contributed by atoms with E-state index >= 15 is 0 Å². The number of hydrogen-bond acceptors (Lipinski definition) is 4. The summed E-state index contributed by atoms with van der Waals surface area (Å²) in [6.07, 6.45) is 5.23. The molecule has 0 spiro atoms. The Kier molecular flexibility index (Phi) is 8.27. The van der Waals surface area contributed by atoms with Crippen molar-refractivity contribution in [2.75, 3.05) is 5.32 Å². The molecule has 1 aliphatic rings. The summed E-state index contributed by atoms with van der Waals surface area (Å²) in [4.78, 5) is 25.1. The molecular formula is C24H31N3O3. The standard InChI is InChI=1S/C24H31N3O3/c25-16-19-10-7-13-21(14-19)26-23(28)15-22(20-11-5-2-6-12-20)27-24(29)30-17-18-8-3-1-4-9-18/h1,3-4,7-10,13-14,20,22H,2,5-6,11-12,15-17,25H2,(H,26,28)(H,27,29)/t22-/m0/s1. The molecule has 6 heteroatoms. The van der Waals surface area contributed by atoms with Gasteiger partial charge in [-0.2, -0.15) is 0 Å². The number of anilines is 1. The summed E-state index contributed by atoms with van der Waals surface area (Å²) < 4.78 is 5.38. The first kappa shape index (κ1) is 21.8. The van der Waals surface area contributed by atoms with E-state index in [9.17, 15) is 9.59 Å². The molecule has 0 aromatic heterocycles. The van der Waals surface area contributed by atoms with Gasteiger partial charge in [-0.1, -0.05) is 61.7 Å². The third-order valence-electron chi connectivity index (χ3n) is 5.59. The Bertz CT molecular complexity index is 819. The summed E-state index contributed by atoms with van der Waals surface area (Å²) in [5.41, 5.74) is 8.29. The van der Waals surface area contributed by atoms with E-state index < -0.39 is 6.09 Å². The third-order valence-corrected chi connectivity index (χ3v) is 5.59. The zero-order chi connectivity index (χ0) is 21.2. The van der Waals surface area contributed by atoms with Crippen LogP contribution in [0.1, 0.15) is 49.7 Å². The first-order valence-corrected chi connectivity index (χ1v) is 10.7. The SMILES string of the molecule is NCc1cccc(NC(=O)C[C@H](NC(=O)OCc2ccccc2)C2CCCCC2)c1. The first-order chi connectivity index (χ1) is 14.6. The Morgan fingerprint density at radius 1 is 1.00 bits per heavy atom. The quantitative estimate of drug-likeness (QED) is 0.604. The number of alkyl carbamates (subject to hydrolysis) is 1. The van der Waals surface area contributed by atoms with Gasteiger partial charge >= 0.3 is 6.09 Å². The molecule has 0 bridgehead atoms. The number of nitrogens with two attached hydrogens (primary N) is 1. The first-order valence-electron chi connectivity index (χ1n) is 10.7. The van der Waals surface area contributed by atoms with Crippen LogP contribution in [0.25, 0.3) is 0 Å². The molecule has 0 radical (unpaired) electrons. The number of ether oxygens (including phenoxy) is 1. The zero-order valence-electron chi connectivity index (χ0n) is 17.3. The molecular weight excluding hydrogens is 378 g/mol. The summed E-state index contributed by atoms with van der Waals surface area (Å²) >= 11 is 0. The van der Waals surface area contributed by atoms with E-state index in [-0.39, 0.29) is 30.9 Å². The van der Waals surface area contributed by atoms with Gasteiger partial charge in [0, 0.05) is 24.7 Å². The second-order valence-corrected chi connectivity index (χ2v) is 7.87. The van der Waals surface area contributed by atoms with Crippen molar-refractivity contribution in [1.29, 1.82) is 0 Å². The summed E-state index contributed by atoms with van der Waals surface area (Å²) in [7, 11) is 0. The highest BCUT2D eigenvalue weighted by Crippen LogP contribution is 2.28. The number of nitrogens with one attached hydrogen (secondary N) is 2. The average molecular weight is 410 g/mol. The van der Waals surface area contributed by atoms with Crippen LogP contribution in [-0.4, -0.2) is 18.0 Å². The lowest BCUT2D eigenvalue weighted by atomic mass is 9.82. The lowest BCUT2D eigenvalue weighted by Crippen LogP contribution is -2.43. The van der Waals surface area contributed by atoms with E-state index in [1.165, 1.54) is 6.42 Å². The molecule has 1 aliphatic carbocycles. The molecule has 3 rings (SSSR count). The second-order valence-electron chi connectivity index (χ2n) is 7.87. The molecule has 2 aromatic rings. The predicted octanol–water partition coefficient (Wildman–Crippen LogP) is 4.35. The van der Waals surface area contributed by atoms with E-state index in [1.54, 1.807) is 0 Å². The normalized spacial score (nSPS) is 15.2. The van der Waals surface area contributed by atoms with E-state index in [1.807, 2.05) is 54.6 Å². The van der Waals surface area contributed by atoms with Gasteiger partial charge in [-0.05, 0) is 42.0 Å². The number of rotatable bonds is 8. The highest BCUT2D eigenvalue weighted by molar-refractivity contribution is 5.91. The summed E-state index contributed by atoms with van der Waals surface area (Å²) in [6.45, 7) is 0.630. The molecule has 1 saturated carbocycles. The van der Waals surface area contributed by atoms with Crippen LogP contribution in [0.15, 0.2) is 54.6 Å². The topological polar surface area (TPSA) is 93.5 Å². The summed E-state index contributed by atoms with van der Waals surface area (Å²) in [5.74, 6) is 0.159. The molecule has 6 nitrogen and oxygen atoms in total. The Morgan fingerprint density at radius 2 is 1.73 bits per heavy atom. The lowest BCUT2D eigenvalue weighted by molar-refractivity contribution is -0.117. The minimum atomic E-state index is -0.479. The average Bonchev–Trinajstić information content (AvgIpc) is 2.78. The van der Waals surface area contributed by atoms with Crippen molar-refractivity contribution in [3.8, 4) is 0 Å². The number of amides is 2. The van der Waals surface area contributed by atoms with Crippen LogP contribution < -0.4 is 16.4 Å². The van der Waals surface area contributed by atoms with Crippen molar-refractivity contribution in [2.45, 2.75) is 57.7 Å². The van der Waals surface area contributed by atoms with Gasteiger partial charge in [0.05, 0.1) is 0 Å². The van der Waals surface area contributed by atoms with Crippen LogP contribution in [-0.2, 0) is 22.7 Å². The minimum Gasteiger partial charge on any atom is -0.445 e. The van der Waals surface area contributed by atoms with Gasteiger partial charge in [0.2, 0.25) is 5.91 Å².